The summed E-state index contributed by atoms with van der Waals surface area (Å²) in [5.41, 5.74) is 0. The van der Waals surface area contributed by atoms with Gasteiger partial charge in [0, 0.05) is 13.1 Å². The first kappa shape index (κ1) is 13.7. The van der Waals surface area contributed by atoms with Gasteiger partial charge in [-0.2, -0.15) is 4.31 Å². The lowest BCUT2D eigenvalue weighted by Crippen LogP contribution is -2.41. The molecule has 16 heavy (non-hydrogen) atoms. The third-order valence-corrected chi connectivity index (χ3v) is 5.38. The van der Waals surface area contributed by atoms with Crippen LogP contribution in [0.3, 0.4) is 0 Å². The Labute approximate surface area is 98.0 Å². The number of nitrogens with zero attached hydrogens (tertiary/aromatic N) is 1. The van der Waals surface area contributed by atoms with Gasteiger partial charge >= 0.3 is 0 Å². The molecule has 0 atom stereocenters. The van der Waals surface area contributed by atoms with E-state index in [1.165, 1.54) is 4.31 Å². The summed E-state index contributed by atoms with van der Waals surface area (Å²) in [5.74, 6) is 0. The molecule has 0 amide bonds. The minimum atomic E-state index is -3.25. The van der Waals surface area contributed by atoms with Crippen LogP contribution in [0.25, 0.3) is 0 Å². The van der Waals surface area contributed by atoms with E-state index < -0.39 is 10.0 Å². The molecule has 94 valence electrons. The van der Waals surface area contributed by atoms with Crippen LogP contribution in [-0.4, -0.2) is 42.8 Å². The van der Waals surface area contributed by atoms with Gasteiger partial charge < -0.3 is 5.11 Å². The van der Waals surface area contributed by atoms with Crippen LogP contribution in [-0.2, 0) is 10.0 Å². The van der Waals surface area contributed by atoms with Crippen molar-refractivity contribution < 1.29 is 13.5 Å². The highest BCUT2D eigenvalue weighted by molar-refractivity contribution is 7.89. The molecule has 0 heterocycles. The third-order valence-electron chi connectivity index (χ3n) is 3.02. The van der Waals surface area contributed by atoms with E-state index in [9.17, 15) is 8.42 Å². The van der Waals surface area contributed by atoms with E-state index in [2.05, 4.69) is 6.58 Å². The van der Waals surface area contributed by atoms with Crippen LogP contribution in [0.5, 0.6) is 0 Å². The fourth-order valence-corrected chi connectivity index (χ4v) is 4.15. The number of sulfonamides is 1. The van der Waals surface area contributed by atoms with Gasteiger partial charge in [-0.05, 0) is 12.8 Å². The molecule has 0 aromatic heterocycles. The Morgan fingerprint density at radius 3 is 2.44 bits per heavy atom. The Hall–Kier alpha value is -0.390. The van der Waals surface area contributed by atoms with Gasteiger partial charge in [0.05, 0.1) is 11.9 Å². The monoisotopic (exact) mass is 247 g/mol. The molecule has 1 aliphatic carbocycles. The van der Waals surface area contributed by atoms with E-state index in [0.29, 0.717) is 6.54 Å². The van der Waals surface area contributed by atoms with E-state index in [4.69, 9.17) is 5.11 Å². The van der Waals surface area contributed by atoms with E-state index in [0.717, 1.165) is 32.1 Å². The molecular weight excluding hydrogens is 226 g/mol. The fraction of sp³-hybridized carbons (Fsp3) is 0.818. The average molecular weight is 247 g/mol. The van der Waals surface area contributed by atoms with Gasteiger partial charge in [0.1, 0.15) is 0 Å². The molecule has 1 saturated carbocycles. The van der Waals surface area contributed by atoms with Crippen molar-refractivity contribution in [2.45, 2.75) is 37.4 Å². The van der Waals surface area contributed by atoms with Gasteiger partial charge in [0.2, 0.25) is 10.0 Å². The molecule has 4 nitrogen and oxygen atoms in total. The fourth-order valence-electron chi connectivity index (χ4n) is 2.15. The van der Waals surface area contributed by atoms with Crippen molar-refractivity contribution in [2.24, 2.45) is 0 Å². The van der Waals surface area contributed by atoms with Crippen LogP contribution in [0.1, 0.15) is 32.1 Å². The molecule has 5 heteroatoms. The lowest BCUT2D eigenvalue weighted by atomic mass is 10.0. The molecule has 0 aliphatic heterocycles. The molecule has 1 N–H and O–H groups in total. The second-order valence-electron chi connectivity index (χ2n) is 4.18. The van der Waals surface area contributed by atoms with Crippen LogP contribution >= 0.6 is 0 Å². The quantitative estimate of drug-likeness (QED) is 0.716. The van der Waals surface area contributed by atoms with Gasteiger partial charge in [-0.3, -0.25) is 0 Å². The number of hydrogen-bond acceptors (Lipinski definition) is 3. The highest BCUT2D eigenvalue weighted by Crippen LogP contribution is 2.25. The van der Waals surface area contributed by atoms with E-state index >= 15 is 0 Å². The molecule has 1 fully saturated rings. The van der Waals surface area contributed by atoms with Crippen molar-refractivity contribution >= 4 is 10.0 Å². The summed E-state index contributed by atoms with van der Waals surface area (Å²) in [4.78, 5) is 0. The van der Waals surface area contributed by atoms with Crippen LogP contribution < -0.4 is 0 Å². The second kappa shape index (κ2) is 6.37. The smallest absolute Gasteiger partial charge is 0.217 e. The topological polar surface area (TPSA) is 57.6 Å². The van der Waals surface area contributed by atoms with E-state index in [-0.39, 0.29) is 18.4 Å². The van der Waals surface area contributed by atoms with Crippen molar-refractivity contribution in [3.05, 3.63) is 12.7 Å². The van der Waals surface area contributed by atoms with E-state index in [1.54, 1.807) is 6.08 Å². The first-order chi connectivity index (χ1) is 7.62. The normalized spacial score (nSPS) is 18.9. The molecule has 0 aromatic carbocycles. The zero-order valence-corrected chi connectivity index (χ0v) is 10.5. The molecule has 0 aromatic rings. The molecule has 1 aliphatic rings. The average Bonchev–Trinajstić information content (AvgIpc) is 2.30. The summed E-state index contributed by atoms with van der Waals surface area (Å²) in [5, 5.41) is 8.63. The van der Waals surface area contributed by atoms with Crippen molar-refractivity contribution in [2.75, 3.05) is 19.7 Å². The number of rotatable bonds is 6. The van der Waals surface area contributed by atoms with Gasteiger partial charge in [-0.1, -0.05) is 25.3 Å². The van der Waals surface area contributed by atoms with Crippen molar-refractivity contribution in [3.63, 3.8) is 0 Å². The Morgan fingerprint density at radius 2 is 1.94 bits per heavy atom. The summed E-state index contributed by atoms with van der Waals surface area (Å²) in [6.07, 6.45) is 6.18. The van der Waals surface area contributed by atoms with Crippen LogP contribution in [0.15, 0.2) is 12.7 Å². The predicted molar refractivity (Wildman–Crippen MR) is 64.6 cm³/mol. The minimum absolute atomic E-state index is 0.139. The predicted octanol–water partition coefficient (Wildman–Crippen LogP) is 1.13. The first-order valence-electron chi connectivity index (χ1n) is 5.83. The lowest BCUT2D eigenvalue weighted by Gasteiger charge is -2.28. The molecular formula is C11H21NO3S. The maximum absolute atomic E-state index is 12.2. The zero-order chi connectivity index (χ0) is 12.0. The summed E-state index contributed by atoms with van der Waals surface area (Å²) in [6.45, 7) is 3.88. The molecule has 0 saturated heterocycles. The molecule has 0 bridgehead atoms. The van der Waals surface area contributed by atoms with Crippen LogP contribution in [0.2, 0.25) is 0 Å². The summed E-state index contributed by atoms with van der Waals surface area (Å²) in [6, 6.07) is 0. The maximum atomic E-state index is 12.2. The lowest BCUT2D eigenvalue weighted by molar-refractivity contribution is 0.258. The second-order valence-corrected chi connectivity index (χ2v) is 6.39. The van der Waals surface area contributed by atoms with Crippen molar-refractivity contribution in [3.8, 4) is 0 Å². The number of aliphatic hydroxyl groups excluding tert-OH is 1. The van der Waals surface area contributed by atoms with Crippen LogP contribution in [0.4, 0.5) is 0 Å². The first-order valence-corrected chi connectivity index (χ1v) is 7.34. The molecule has 0 unspecified atom stereocenters. The Morgan fingerprint density at radius 1 is 1.31 bits per heavy atom. The molecule has 0 radical (unpaired) electrons. The number of aliphatic hydroxyl groups is 1. The third kappa shape index (κ3) is 3.30. The van der Waals surface area contributed by atoms with Crippen LogP contribution in [0, 0.1) is 0 Å². The summed E-state index contributed by atoms with van der Waals surface area (Å²) >= 11 is 0. The summed E-state index contributed by atoms with van der Waals surface area (Å²) in [7, 11) is -3.25. The standard InChI is InChI=1S/C11H21NO3S/c1-2-8-12(9-10-13)16(14,15)11-6-4-3-5-7-11/h2,11,13H,1,3-10H2. The van der Waals surface area contributed by atoms with Gasteiger partial charge in [0.15, 0.2) is 0 Å². The molecule has 1 rings (SSSR count). The van der Waals surface area contributed by atoms with Gasteiger partial charge in [-0.25, -0.2) is 8.42 Å². The maximum Gasteiger partial charge on any atom is 0.217 e. The van der Waals surface area contributed by atoms with E-state index in [1.807, 2.05) is 0 Å². The SMILES string of the molecule is C=CCN(CCO)S(=O)(=O)C1CCCCC1. The number of hydrogen-bond donors (Lipinski definition) is 1. The van der Waals surface area contributed by atoms with Crippen molar-refractivity contribution in [1.82, 2.24) is 4.31 Å². The van der Waals surface area contributed by atoms with Gasteiger partial charge in [0.25, 0.3) is 0 Å². The Balaban J connectivity index is 2.74. The summed E-state index contributed by atoms with van der Waals surface area (Å²) < 4.78 is 25.8. The largest absolute Gasteiger partial charge is 0.395 e. The van der Waals surface area contributed by atoms with Gasteiger partial charge in [-0.15, -0.1) is 6.58 Å². The highest BCUT2D eigenvalue weighted by Gasteiger charge is 2.31. The Bertz CT molecular complexity index is 307. The van der Waals surface area contributed by atoms with Crippen molar-refractivity contribution in [1.29, 1.82) is 0 Å². The Kier molecular flexibility index (Phi) is 5.44. The highest BCUT2D eigenvalue weighted by atomic mass is 32.2. The zero-order valence-electron chi connectivity index (χ0n) is 9.64. The molecule has 0 spiro atoms. The minimum Gasteiger partial charge on any atom is -0.395 e.